The van der Waals surface area contributed by atoms with Gasteiger partial charge >= 0.3 is 6.18 Å². The van der Waals surface area contributed by atoms with Gasteiger partial charge in [0.2, 0.25) is 0 Å². The molecule has 1 aromatic rings. The average molecular weight is 178 g/mol. The van der Waals surface area contributed by atoms with Crippen molar-refractivity contribution in [3.05, 3.63) is 35.1 Å². The van der Waals surface area contributed by atoms with E-state index in [0.717, 1.165) is 6.07 Å². The molecule has 0 nitrogen and oxygen atoms in total. The van der Waals surface area contributed by atoms with Gasteiger partial charge in [-0.1, -0.05) is 12.1 Å². The molecule has 0 fully saturated rings. The smallest absolute Gasteiger partial charge is 0.206 e. The van der Waals surface area contributed by atoms with Gasteiger partial charge in [0.1, 0.15) is 5.82 Å². The third kappa shape index (κ3) is 1.57. The van der Waals surface area contributed by atoms with E-state index in [0.29, 0.717) is 0 Å². The van der Waals surface area contributed by atoms with Gasteiger partial charge in [-0.3, -0.25) is 0 Å². The number of benzene rings is 1. The van der Waals surface area contributed by atoms with Crippen LogP contribution in [0.4, 0.5) is 17.6 Å². The second kappa shape index (κ2) is 2.77. The molecule has 0 aliphatic heterocycles. The van der Waals surface area contributed by atoms with Crippen LogP contribution in [0.15, 0.2) is 18.2 Å². The first-order valence-corrected chi connectivity index (χ1v) is 3.25. The molecule has 0 aliphatic carbocycles. The molecule has 0 N–H and O–H groups in total. The number of alkyl halides is 3. The topological polar surface area (TPSA) is 0 Å². The Morgan fingerprint density at radius 3 is 2.17 bits per heavy atom. The largest absolute Gasteiger partial charge is 0.419 e. The summed E-state index contributed by atoms with van der Waals surface area (Å²) in [6.45, 7) is 1.30. The fourth-order valence-electron chi connectivity index (χ4n) is 0.866. The molecule has 0 saturated carbocycles. The van der Waals surface area contributed by atoms with Crippen LogP contribution in [0.3, 0.4) is 0 Å². The molecular weight excluding hydrogens is 172 g/mol. The quantitative estimate of drug-likeness (QED) is 0.535. The molecule has 0 amide bonds. The Morgan fingerprint density at radius 2 is 1.75 bits per heavy atom. The van der Waals surface area contributed by atoms with Gasteiger partial charge in [-0.25, -0.2) is 4.39 Å². The Morgan fingerprint density at radius 1 is 1.17 bits per heavy atom. The van der Waals surface area contributed by atoms with E-state index in [1.54, 1.807) is 0 Å². The maximum absolute atomic E-state index is 12.8. The third-order valence-corrected chi connectivity index (χ3v) is 1.50. The molecule has 0 aromatic heterocycles. The molecule has 1 aromatic carbocycles. The molecule has 0 aliphatic rings. The summed E-state index contributed by atoms with van der Waals surface area (Å²) < 4.78 is 48.7. The number of aryl methyl sites for hydroxylation is 1. The normalized spacial score (nSPS) is 11.8. The summed E-state index contributed by atoms with van der Waals surface area (Å²) in [6.07, 6.45) is -4.60. The van der Waals surface area contributed by atoms with E-state index in [9.17, 15) is 17.6 Å². The molecule has 4 heteroatoms. The highest BCUT2D eigenvalue weighted by molar-refractivity contribution is 5.26. The molecular formula is C8H6F4. The first-order chi connectivity index (χ1) is 5.43. The van der Waals surface area contributed by atoms with Gasteiger partial charge < -0.3 is 0 Å². The van der Waals surface area contributed by atoms with Crippen LogP contribution < -0.4 is 0 Å². The lowest BCUT2D eigenvalue weighted by Gasteiger charge is -2.08. The second-order valence-electron chi connectivity index (χ2n) is 2.43. The van der Waals surface area contributed by atoms with Gasteiger partial charge in [-0.2, -0.15) is 13.2 Å². The van der Waals surface area contributed by atoms with Gasteiger partial charge in [-0.15, -0.1) is 0 Å². The van der Waals surface area contributed by atoms with Crippen LogP contribution >= 0.6 is 0 Å². The van der Waals surface area contributed by atoms with Crippen LogP contribution in [0.25, 0.3) is 0 Å². The predicted molar refractivity (Wildman–Crippen MR) is 36.1 cm³/mol. The van der Waals surface area contributed by atoms with E-state index >= 15 is 0 Å². The zero-order chi connectivity index (χ0) is 9.35. The standard InChI is InChI=1S/C8H6F4/c1-5-3-2-4-6(7(5)9)8(10,11)12/h2-4H,1H3. The summed E-state index contributed by atoms with van der Waals surface area (Å²) in [5.74, 6) is -1.19. The van der Waals surface area contributed by atoms with Crippen LogP contribution in [-0.2, 0) is 6.18 Å². The number of halogens is 4. The minimum absolute atomic E-state index is 0.00447. The second-order valence-corrected chi connectivity index (χ2v) is 2.43. The van der Waals surface area contributed by atoms with Gasteiger partial charge in [0.05, 0.1) is 5.56 Å². The number of rotatable bonds is 0. The van der Waals surface area contributed by atoms with Crippen LogP contribution in [0.5, 0.6) is 0 Å². The summed E-state index contributed by atoms with van der Waals surface area (Å²) in [6, 6.07) is 3.20. The van der Waals surface area contributed by atoms with Crippen LogP contribution in [-0.4, -0.2) is 0 Å². The minimum Gasteiger partial charge on any atom is -0.206 e. The Kier molecular flexibility index (Phi) is 2.08. The highest BCUT2D eigenvalue weighted by Gasteiger charge is 2.34. The van der Waals surface area contributed by atoms with Gasteiger partial charge in [0, 0.05) is 0 Å². The molecule has 1 rings (SSSR count). The Balaban J connectivity index is 3.26. The summed E-state index contributed by atoms with van der Waals surface area (Å²) in [5, 5.41) is 0. The number of hydrogen-bond acceptors (Lipinski definition) is 0. The zero-order valence-electron chi connectivity index (χ0n) is 6.24. The van der Waals surface area contributed by atoms with Crippen LogP contribution in [0.2, 0.25) is 0 Å². The lowest BCUT2D eigenvalue weighted by molar-refractivity contribution is -0.140. The zero-order valence-corrected chi connectivity index (χ0v) is 6.24. The fraction of sp³-hybridized carbons (Fsp3) is 0.250. The molecule has 0 heterocycles. The van der Waals surface area contributed by atoms with E-state index in [2.05, 4.69) is 0 Å². The van der Waals surface area contributed by atoms with Crippen molar-refractivity contribution in [1.82, 2.24) is 0 Å². The molecule has 0 bridgehead atoms. The summed E-state index contributed by atoms with van der Waals surface area (Å²) in [5.41, 5.74) is -1.20. The maximum Gasteiger partial charge on any atom is 0.419 e. The summed E-state index contributed by atoms with van der Waals surface area (Å²) >= 11 is 0. The third-order valence-electron chi connectivity index (χ3n) is 1.50. The summed E-state index contributed by atoms with van der Waals surface area (Å²) in [7, 11) is 0. The Hall–Kier alpha value is -1.06. The molecule has 0 saturated heterocycles. The Labute approximate surface area is 66.8 Å². The summed E-state index contributed by atoms with van der Waals surface area (Å²) in [4.78, 5) is 0. The predicted octanol–water partition coefficient (Wildman–Crippen LogP) is 3.15. The molecule has 66 valence electrons. The van der Waals surface area contributed by atoms with E-state index < -0.39 is 17.6 Å². The first-order valence-electron chi connectivity index (χ1n) is 3.25. The van der Waals surface area contributed by atoms with Crippen LogP contribution in [0, 0.1) is 12.7 Å². The van der Waals surface area contributed by atoms with Crippen molar-refractivity contribution in [1.29, 1.82) is 0 Å². The van der Waals surface area contributed by atoms with Gasteiger partial charge in [0.25, 0.3) is 0 Å². The van der Waals surface area contributed by atoms with Crippen molar-refractivity contribution < 1.29 is 17.6 Å². The average Bonchev–Trinajstić information content (AvgIpc) is 1.92. The number of hydrogen-bond donors (Lipinski definition) is 0. The van der Waals surface area contributed by atoms with Crippen molar-refractivity contribution >= 4 is 0 Å². The molecule has 12 heavy (non-hydrogen) atoms. The van der Waals surface area contributed by atoms with E-state index in [1.807, 2.05) is 0 Å². The maximum atomic E-state index is 12.8. The monoisotopic (exact) mass is 178 g/mol. The minimum atomic E-state index is -4.60. The molecule has 0 atom stereocenters. The molecule has 0 unspecified atom stereocenters. The van der Waals surface area contributed by atoms with Gasteiger partial charge in [-0.05, 0) is 18.6 Å². The van der Waals surface area contributed by atoms with Gasteiger partial charge in [0.15, 0.2) is 0 Å². The lowest BCUT2D eigenvalue weighted by Crippen LogP contribution is -2.08. The Bertz CT molecular complexity index is 288. The fourth-order valence-corrected chi connectivity index (χ4v) is 0.866. The SMILES string of the molecule is Cc1cccc(C(F)(F)F)c1F. The lowest BCUT2D eigenvalue weighted by atomic mass is 10.1. The molecule has 0 spiro atoms. The first kappa shape index (κ1) is 9.03. The van der Waals surface area contributed by atoms with E-state index in [4.69, 9.17) is 0 Å². The van der Waals surface area contributed by atoms with Crippen molar-refractivity contribution in [2.45, 2.75) is 13.1 Å². The van der Waals surface area contributed by atoms with E-state index in [1.165, 1.54) is 19.1 Å². The van der Waals surface area contributed by atoms with Crippen LogP contribution in [0.1, 0.15) is 11.1 Å². The van der Waals surface area contributed by atoms with Crippen molar-refractivity contribution in [2.24, 2.45) is 0 Å². The van der Waals surface area contributed by atoms with Crippen molar-refractivity contribution in [3.8, 4) is 0 Å². The highest BCUT2D eigenvalue weighted by atomic mass is 19.4. The van der Waals surface area contributed by atoms with Crippen molar-refractivity contribution in [2.75, 3.05) is 0 Å². The molecule has 0 radical (unpaired) electrons. The van der Waals surface area contributed by atoms with E-state index in [-0.39, 0.29) is 5.56 Å². The highest BCUT2D eigenvalue weighted by Crippen LogP contribution is 2.31. The van der Waals surface area contributed by atoms with Crippen molar-refractivity contribution in [3.63, 3.8) is 0 Å².